The highest BCUT2D eigenvalue weighted by Crippen LogP contribution is 2.39. The summed E-state index contributed by atoms with van der Waals surface area (Å²) in [6.45, 7) is 4.37. The van der Waals surface area contributed by atoms with Crippen molar-refractivity contribution in [3.63, 3.8) is 0 Å². The SMILES string of the molecule is CC1NCCn2c1cc1c2-c2ccc(Cl)cc2CC1. The molecule has 0 spiro atoms. The van der Waals surface area contributed by atoms with Gasteiger partial charge < -0.3 is 9.88 Å². The van der Waals surface area contributed by atoms with Crippen molar-refractivity contribution < 1.29 is 0 Å². The Labute approximate surface area is 118 Å². The number of aromatic nitrogens is 1. The monoisotopic (exact) mass is 272 g/mol. The average molecular weight is 273 g/mol. The highest BCUT2D eigenvalue weighted by atomic mass is 35.5. The van der Waals surface area contributed by atoms with Crippen LogP contribution in [0.1, 0.15) is 29.8 Å². The van der Waals surface area contributed by atoms with E-state index in [-0.39, 0.29) is 0 Å². The summed E-state index contributed by atoms with van der Waals surface area (Å²) in [7, 11) is 0. The minimum atomic E-state index is 0.454. The molecule has 0 fully saturated rings. The molecule has 2 aliphatic rings. The van der Waals surface area contributed by atoms with Gasteiger partial charge in [-0.05, 0) is 49.1 Å². The molecule has 0 saturated carbocycles. The van der Waals surface area contributed by atoms with E-state index in [0.717, 1.165) is 31.0 Å². The first-order valence-corrected chi connectivity index (χ1v) is 7.36. The van der Waals surface area contributed by atoms with E-state index in [1.807, 2.05) is 6.07 Å². The van der Waals surface area contributed by atoms with Crippen LogP contribution in [0.2, 0.25) is 5.02 Å². The number of nitrogens with one attached hydrogen (secondary N) is 1. The van der Waals surface area contributed by atoms with Gasteiger partial charge in [-0.15, -0.1) is 0 Å². The maximum atomic E-state index is 6.13. The largest absolute Gasteiger partial charge is 0.342 e. The van der Waals surface area contributed by atoms with Gasteiger partial charge in [0.05, 0.1) is 5.69 Å². The molecule has 4 rings (SSSR count). The van der Waals surface area contributed by atoms with Gasteiger partial charge in [-0.2, -0.15) is 0 Å². The van der Waals surface area contributed by atoms with Crippen molar-refractivity contribution in [2.45, 2.75) is 32.4 Å². The molecule has 1 aliphatic heterocycles. The molecule has 3 heteroatoms. The summed E-state index contributed by atoms with van der Waals surface area (Å²) in [5.41, 5.74) is 7.14. The van der Waals surface area contributed by atoms with Crippen LogP contribution in [0.15, 0.2) is 24.3 Å². The first-order chi connectivity index (χ1) is 9.24. The molecular weight excluding hydrogens is 256 g/mol. The minimum Gasteiger partial charge on any atom is -0.342 e. The van der Waals surface area contributed by atoms with Crippen molar-refractivity contribution in [1.29, 1.82) is 0 Å². The summed E-state index contributed by atoms with van der Waals surface area (Å²) < 4.78 is 2.50. The molecule has 1 aromatic carbocycles. The van der Waals surface area contributed by atoms with Crippen LogP contribution in [0.5, 0.6) is 0 Å². The van der Waals surface area contributed by atoms with Crippen molar-refractivity contribution in [2.75, 3.05) is 6.54 Å². The normalized spacial score (nSPS) is 20.6. The number of aryl methyl sites for hydroxylation is 2. The van der Waals surface area contributed by atoms with E-state index in [0.29, 0.717) is 6.04 Å². The number of rotatable bonds is 0. The molecule has 19 heavy (non-hydrogen) atoms. The maximum absolute atomic E-state index is 6.13. The third-order valence-corrected chi connectivity index (χ3v) is 4.66. The lowest BCUT2D eigenvalue weighted by Gasteiger charge is -2.26. The molecule has 2 aromatic rings. The van der Waals surface area contributed by atoms with Gasteiger partial charge in [0.1, 0.15) is 0 Å². The molecule has 0 amide bonds. The second kappa shape index (κ2) is 4.12. The average Bonchev–Trinajstić information content (AvgIpc) is 2.79. The highest BCUT2D eigenvalue weighted by Gasteiger charge is 2.26. The van der Waals surface area contributed by atoms with E-state index < -0.39 is 0 Å². The molecule has 2 nitrogen and oxygen atoms in total. The van der Waals surface area contributed by atoms with Gasteiger partial charge in [0.2, 0.25) is 0 Å². The van der Waals surface area contributed by atoms with E-state index in [2.05, 4.69) is 35.0 Å². The van der Waals surface area contributed by atoms with Crippen LogP contribution in [-0.4, -0.2) is 11.1 Å². The molecule has 2 heterocycles. The summed E-state index contributed by atoms with van der Waals surface area (Å²) in [6, 6.07) is 9.18. The zero-order valence-corrected chi connectivity index (χ0v) is 11.8. The third kappa shape index (κ3) is 1.67. The Bertz CT molecular complexity index is 657. The first kappa shape index (κ1) is 11.6. The molecule has 1 aliphatic carbocycles. The molecule has 0 radical (unpaired) electrons. The molecule has 1 atom stereocenters. The zero-order valence-electron chi connectivity index (χ0n) is 11.0. The van der Waals surface area contributed by atoms with Crippen LogP contribution in [-0.2, 0) is 19.4 Å². The van der Waals surface area contributed by atoms with Crippen molar-refractivity contribution in [1.82, 2.24) is 9.88 Å². The topological polar surface area (TPSA) is 17.0 Å². The number of hydrogen-bond donors (Lipinski definition) is 1. The van der Waals surface area contributed by atoms with Gasteiger partial charge in [0.15, 0.2) is 0 Å². The molecular formula is C16H17ClN2. The Morgan fingerprint density at radius 3 is 2.95 bits per heavy atom. The smallest absolute Gasteiger partial charge is 0.0518 e. The summed E-state index contributed by atoms with van der Waals surface area (Å²) >= 11 is 6.13. The van der Waals surface area contributed by atoms with Crippen molar-refractivity contribution in [3.8, 4) is 11.3 Å². The minimum absolute atomic E-state index is 0.454. The summed E-state index contributed by atoms with van der Waals surface area (Å²) in [4.78, 5) is 0. The van der Waals surface area contributed by atoms with E-state index in [1.165, 1.54) is 28.1 Å². The predicted molar refractivity (Wildman–Crippen MR) is 78.7 cm³/mol. The Morgan fingerprint density at radius 2 is 2.05 bits per heavy atom. The van der Waals surface area contributed by atoms with Crippen LogP contribution in [0.4, 0.5) is 0 Å². The van der Waals surface area contributed by atoms with Crippen LogP contribution in [0, 0.1) is 0 Å². The number of halogens is 1. The second-order valence-corrected chi connectivity index (χ2v) is 6.01. The van der Waals surface area contributed by atoms with Gasteiger partial charge in [0, 0.05) is 35.4 Å². The van der Waals surface area contributed by atoms with Gasteiger partial charge in [-0.25, -0.2) is 0 Å². The van der Waals surface area contributed by atoms with Crippen LogP contribution in [0.25, 0.3) is 11.3 Å². The lowest BCUT2D eigenvalue weighted by atomic mass is 9.90. The van der Waals surface area contributed by atoms with Crippen molar-refractivity contribution in [2.24, 2.45) is 0 Å². The maximum Gasteiger partial charge on any atom is 0.0518 e. The molecule has 0 saturated heterocycles. The van der Waals surface area contributed by atoms with Gasteiger partial charge in [0.25, 0.3) is 0 Å². The van der Waals surface area contributed by atoms with Crippen LogP contribution in [0.3, 0.4) is 0 Å². The summed E-state index contributed by atoms with van der Waals surface area (Å²) in [5, 5.41) is 4.39. The number of nitrogens with zero attached hydrogens (tertiary/aromatic N) is 1. The fraction of sp³-hybridized carbons (Fsp3) is 0.375. The molecule has 1 aromatic heterocycles. The Morgan fingerprint density at radius 1 is 1.21 bits per heavy atom. The zero-order chi connectivity index (χ0) is 13.0. The van der Waals surface area contributed by atoms with Crippen molar-refractivity contribution >= 4 is 11.6 Å². The fourth-order valence-electron chi connectivity index (χ4n) is 3.50. The summed E-state index contributed by atoms with van der Waals surface area (Å²) in [5.74, 6) is 0. The molecule has 0 bridgehead atoms. The lowest BCUT2D eigenvalue weighted by molar-refractivity contribution is 0.451. The number of fused-ring (bicyclic) bond motifs is 5. The molecule has 1 N–H and O–H groups in total. The second-order valence-electron chi connectivity index (χ2n) is 5.57. The Hall–Kier alpha value is -1.25. The first-order valence-electron chi connectivity index (χ1n) is 6.98. The summed E-state index contributed by atoms with van der Waals surface area (Å²) in [6.07, 6.45) is 2.24. The van der Waals surface area contributed by atoms with E-state index in [9.17, 15) is 0 Å². The Kier molecular flexibility index (Phi) is 2.51. The highest BCUT2D eigenvalue weighted by molar-refractivity contribution is 6.30. The van der Waals surface area contributed by atoms with Crippen LogP contribution < -0.4 is 5.32 Å². The van der Waals surface area contributed by atoms with Crippen molar-refractivity contribution in [3.05, 3.63) is 46.1 Å². The van der Waals surface area contributed by atoms with Gasteiger partial charge in [-0.1, -0.05) is 17.7 Å². The predicted octanol–water partition coefficient (Wildman–Crippen LogP) is 3.57. The van der Waals surface area contributed by atoms with E-state index >= 15 is 0 Å². The van der Waals surface area contributed by atoms with Crippen LogP contribution >= 0.6 is 11.6 Å². The lowest BCUT2D eigenvalue weighted by Crippen LogP contribution is -2.31. The van der Waals surface area contributed by atoms with Gasteiger partial charge >= 0.3 is 0 Å². The van der Waals surface area contributed by atoms with E-state index in [1.54, 1.807) is 0 Å². The Balaban J connectivity index is 1.96. The molecule has 98 valence electrons. The van der Waals surface area contributed by atoms with Gasteiger partial charge in [-0.3, -0.25) is 0 Å². The fourth-order valence-corrected chi connectivity index (χ4v) is 3.70. The standard InChI is InChI=1S/C16H17ClN2/c1-10-15-9-12-3-2-11-8-13(17)4-5-14(11)16(12)19(15)7-6-18-10/h4-5,8-10,18H,2-3,6-7H2,1H3. The number of hydrogen-bond acceptors (Lipinski definition) is 1. The number of benzene rings is 1. The molecule has 1 unspecified atom stereocenters. The van der Waals surface area contributed by atoms with E-state index in [4.69, 9.17) is 11.6 Å². The third-order valence-electron chi connectivity index (χ3n) is 4.42. The quantitative estimate of drug-likeness (QED) is 0.776.